The average molecular weight is 1130 g/mol. The number of rotatable bonds is 57. The molecule has 79 heavy (non-hydrogen) atoms. The van der Waals surface area contributed by atoms with Crippen molar-refractivity contribution in [2.45, 2.75) is 252 Å². The first-order valence-corrected chi connectivity index (χ1v) is 31.2. The highest BCUT2D eigenvalue weighted by Crippen LogP contribution is 2.15. The van der Waals surface area contributed by atoms with E-state index in [-0.39, 0.29) is 94.7 Å². The Morgan fingerprint density at radius 2 is 0.595 bits per heavy atom. The van der Waals surface area contributed by atoms with Crippen molar-refractivity contribution in [3.05, 3.63) is 0 Å². The lowest BCUT2D eigenvalue weighted by molar-refractivity contribution is -0.125. The zero-order chi connectivity index (χ0) is 58.1. The molecule has 7 N–H and O–H groups in total. The molecule has 0 saturated heterocycles. The van der Waals surface area contributed by atoms with Crippen LogP contribution in [-0.2, 0) is 52.5 Å². The van der Waals surface area contributed by atoms with Crippen LogP contribution in [0, 0.1) is 0 Å². The minimum absolute atomic E-state index is 0.00522. The molecule has 0 rings (SSSR count). The number of carbonyl (C=O) groups excluding carboxylic acids is 7. The number of nitrogens with one attached hydrogen (secondary N) is 7. The van der Waals surface area contributed by atoms with Crippen LogP contribution in [0.1, 0.15) is 240 Å². The molecule has 0 spiro atoms. The van der Waals surface area contributed by atoms with Gasteiger partial charge in [0.1, 0.15) is 11.6 Å². The van der Waals surface area contributed by atoms with Gasteiger partial charge in [0, 0.05) is 71.4 Å². The van der Waals surface area contributed by atoms with Gasteiger partial charge < -0.3 is 60.9 Å². The number of hydrogen-bond donors (Lipinski definition) is 7. The summed E-state index contributed by atoms with van der Waals surface area (Å²) in [7, 11) is 0. The van der Waals surface area contributed by atoms with Gasteiger partial charge in [0.25, 0.3) is 0 Å². The number of alkyl carbamates (subject to hydrolysis) is 1. The van der Waals surface area contributed by atoms with E-state index in [0.29, 0.717) is 65.4 Å². The van der Waals surface area contributed by atoms with Gasteiger partial charge in [-0.15, -0.1) is 0 Å². The summed E-state index contributed by atoms with van der Waals surface area (Å²) in [6.07, 6.45) is 33.5. The standard InChI is InChI=1S/C60H115N7O12/c1-6-8-10-12-14-16-18-20-22-24-26-28-30-32-53(68)61-39-47-77-49-41-64-56(71)36-44-75-46-38-63-55(70)35-34-52(67-59(74)79-60(3,4)5)58(73)66-43-51-76-45-37-57(72)65-42-50-78-48-40-62-54(69)33-31-29-27-25-23-21-19-17-15-13-11-9-7-2/h52H,6-51H2,1-5H3,(H,61,68)(H,62,69)(H,63,70)(H,64,71)(H,65,72)(H,66,73)(H,67,74)/t52-/m0/s1. The number of unbranched alkanes of at least 4 members (excludes halogenated alkanes) is 24. The minimum atomic E-state index is -1.07. The second-order valence-electron chi connectivity index (χ2n) is 21.7. The Labute approximate surface area is 478 Å². The second-order valence-corrected chi connectivity index (χ2v) is 21.7. The van der Waals surface area contributed by atoms with E-state index in [9.17, 15) is 33.6 Å². The van der Waals surface area contributed by atoms with Crippen molar-refractivity contribution in [1.82, 2.24) is 37.2 Å². The second kappa shape index (κ2) is 55.8. The highest BCUT2D eigenvalue weighted by Gasteiger charge is 2.25. The van der Waals surface area contributed by atoms with Crippen molar-refractivity contribution in [2.24, 2.45) is 0 Å². The smallest absolute Gasteiger partial charge is 0.408 e. The molecule has 1 atom stereocenters. The molecule has 0 unspecified atom stereocenters. The van der Waals surface area contributed by atoms with E-state index in [0.717, 1.165) is 25.7 Å². The zero-order valence-corrected chi connectivity index (χ0v) is 50.5. The molecule has 0 aliphatic carbocycles. The van der Waals surface area contributed by atoms with E-state index in [1.807, 2.05) is 0 Å². The van der Waals surface area contributed by atoms with Crippen LogP contribution in [0.15, 0.2) is 0 Å². The van der Waals surface area contributed by atoms with Crippen LogP contribution in [0.4, 0.5) is 4.79 Å². The Balaban J connectivity index is 4.00. The predicted molar refractivity (Wildman–Crippen MR) is 314 cm³/mol. The first-order chi connectivity index (χ1) is 38.3. The molecule has 0 fully saturated rings. The van der Waals surface area contributed by atoms with E-state index < -0.39 is 23.6 Å². The summed E-state index contributed by atoms with van der Waals surface area (Å²) in [5, 5.41) is 19.3. The van der Waals surface area contributed by atoms with Crippen LogP contribution in [0.3, 0.4) is 0 Å². The van der Waals surface area contributed by atoms with Crippen LogP contribution in [-0.4, -0.2) is 145 Å². The number of carbonyl (C=O) groups is 7. The molecule has 0 heterocycles. The largest absolute Gasteiger partial charge is 0.444 e. The third-order valence-corrected chi connectivity index (χ3v) is 13.0. The maximum absolute atomic E-state index is 13.1. The molecule has 0 aromatic rings. The lowest BCUT2D eigenvalue weighted by atomic mass is 10.0. The van der Waals surface area contributed by atoms with E-state index in [1.54, 1.807) is 20.8 Å². The van der Waals surface area contributed by atoms with Crippen LogP contribution in [0.2, 0.25) is 0 Å². The molecule has 19 heteroatoms. The summed E-state index contributed by atoms with van der Waals surface area (Å²) in [6, 6.07) is -1.07. The Morgan fingerprint density at radius 1 is 0.329 bits per heavy atom. The Kier molecular flexibility index (Phi) is 52.9. The fraction of sp³-hybridized carbons (Fsp3) is 0.883. The third-order valence-electron chi connectivity index (χ3n) is 13.0. The van der Waals surface area contributed by atoms with Crippen molar-refractivity contribution < 1.29 is 57.2 Å². The van der Waals surface area contributed by atoms with Gasteiger partial charge in [-0.25, -0.2) is 4.79 Å². The maximum atomic E-state index is 13.1. The van der Waals surface area contributed by atoms with Gasteiger partial charge in [0.05, 0.1) is 52.9 Å². The molecule has 0 radical (unpaired) electrons. The van der Waals surface area contributed by atoms with Gasteiger partial charge >= 0.3 is 6.09 Å². The fourth-order valence-corrected chi connectivity index (χ4v) is 8.46. The molecule has 0 bridgehead atoms. The van der Waals surface area contributed by atoms with E-state index >= 15 is 0 Å². The van der Waals surface area contributed by atoms with Crippen molar-refractivity contribution >= 4 is 41.5 Å². The molecule has 0 aromatic carbocycles. The van der Waals surface area contributed by atoms with Crippen molar-refractivity contribution in [3.8, 4) is 0 Å². The average Bonchev–Trinajstić information content (AvgIpc) is 3.41. The summed E-state index contributed by atoms with van der Waals surface area (Å²) in [6.45, 7) is 13.3. The predicted octanol–water partition coefficient (Wildman–Crippen LogP) is 9.17. The van der Waals surface area contributed by atoms with Gasteiger partial charge in [0.15, 0.2) is 0 Å². The number of amides is 7. The van der Waals surface area contributed by atoms with Crippen LogP contribution >= 0.6 is 0 Å². The molecule has 0 aliphatic heterocycles. The fourth-order valence-electron chi connectivity index (χ4n) is 8.46. The van der Waals surface area contributed by atoms with Gasteiger partial charge in [-0.2, -0.15) is 0 Å². The maximum Gasteiger partial charge on any atom is 0.408 e. The van der Waals surface area contributed by atoms with E-state index in [2.05, 4.69) is 51.1 Å². The molecule has 0 saturated carbocycles. The molecule has 0 aliphatic rings. The van der Waals surface area contributed by atoms with Crippen molar-refractivity contribution in [3.63, 3.8) is 0 Å². The van der Waals surface area contributed by atoms with E-state index in [4.69, 9.17) is 23.7 Å². The van der Waals surface area contributed by atoms with Gasteiger partial charge in [0.2, 0.25) is 35.4 Å². The van der Waals surface area contributed by atoms with Gasteiger partial charge in [-0.3, -0.25) is 28.8 Å². The van der Waals surface area contributed by atoms with E-state index in [1.165, 1.54) is 141 Å². The van der Waals surface area contributed by atoms with Crippen LogP contribution in [0.25, 0.3) is 0 Å². The van der Waals surface area contributed by atoms with Crippen LogP contribution in [0.5, 0.6) is 0 Å². The topological polar surface area (TPSA) is 250 Å². The first-order valence-electron chi connectivity index (χ1n) is 31.2. The molecule has 19 nitrogen and oxygen atoms in total. The molecular weight excluding hydrogens is 1010 g/mol. The summed E-state index contributed by atoms with van der Waals surface area (Å²) in [4.78, 5) is 86.9. The Morgan fingerprint density at radius 3 is 0.911 bits per heavy atom. The minimum Gasteiger partial charge on any atom is -0.444 e. The molecule has 462 valence electrons. The quantitative estimate of drug-likeness (QED) is 0.0282. The third kappa shape index (κ3) is 57.0. The SMILES string of the molecule is CCCCCCCCCCCCCCCC(=O)NCCOCCNC(=O)CCOCCNC(=O)CC[C@H](NC(=O)OC(C)(C)C)C(=O)NCCOCCC(=O)NCCOCCNC(=O)CCCCCCCCCCCCCCC. The normalized spacial score (nSPS) is 11.7. The summed E-state index contributed by atoms with van der Waals surface area (Å²) in [5.41, 5.74) is -0.805. The van der Waals surface area contributed by atoms with Gasteiger partial charge in [-0.1, -0.05) is 168 Å². The first kappa shape index (κ1) is 74.9. The highest BCUT2D eigenvalue weighted by molar-refractivity contribution is 5.86. The summed E-state index contributed by atoms with van der Waals surface area (Å²) >= 11 is 0. The molecular formula is C60H115N7O12. The Bertz CT molecular complexity index is 1520. The van der Waals surface area contributed by atoms with Gasteiger partial charge in [-0.05, 0) is 40.0 Å². The number of hydrogen-bond acceptors (Lipinski definition) is 12. The summed E-state index contributed by atoms with van der Waals surface area (Å²) < 4.78 is 27.4. The van der Waals surface area contributed by atoms with Crippen molar-refractivity contribution in [2.75, 3.05) is 92.1 Å². The molecule has 0 aromatic heterocycles. The number of ether oxygens (including phenoxy) is 5. The monoisotopic (exact) mass is 1130 g/mol. The van der Waals surface area contributed by atoms with Crippen LogP contribution < -0.4 is 37.2 Å². The molecule has 7 amide bonds. The lowest BCUT2D eigenvalue weighted by Crippen LogP contribution is -2.49. The van der Waals surface area contributed by atoms with Crippen molar-refractivity contribution in [1.29, 1.82) is 0 Å². The lowest BCUT2D eigenvalue weighted by Gasteiger charge is -2.23. The highest BCUT2D eigenvalue weighted by atomic mass is 16.6. The zero-order valence-electron chi connectivity index (χ0n) is 50.5. The summed E-state index contributed by atoms with van der Waals surface area (Å²) in [5.74, 6) is -1.21. The Hall–Kier alpha value is -4.07.